The van der Waals surface area contributed by atoms with Gasteiger partial charge in [-0.1, -0.05) is 25.3 Å². The molecule has 0 amide bonds. The van der Waals surface area contributed by atoms with Crippen LogP contribution in [-0.4, -0.2) is 18.9 Å². The maximum absolute atomic E-state index is 12.2. The maximum atomic E-state index is 12.2. The summed E-state index contributed by atoms with van der Waals surface area (Å²) in [5.74, 6) is 0.883. The molecule has 0 aromatic rings. The lowest BCUT2D eigenvalue weighted by atomic mass is 9.79. The molecule has 0 aromatic carbocycles. The fraction of sp³-hybridized carbons (Fsp3) is 0.765. The van der Waals surface area contributed by atoms with Crippen molar-refractivity contribution in [3.8, 4) is 0 Å². The van der Waals surface area contributed by atoms with Crippen LogP contribution in [0.5, 0.6) is 0 Å². The molecule has 2 aliphatic carbocycles. The van der Waals surface area contributed by atoms with E-state index in [0.29, 0.717) is 5.92 Å². The Labute approximate surface area is 121 Å². The van der Waals surface area contributed by atoms with E-state index in [4.69, 9.17) is 4.74 Å². The highest BCUT2D eigenvalue weighted by molar-refractivity contribution is 5.91. The second kappa shape index (κ2) is 7.61. The van der Waals surface area contributed by atoms with E-state index in [9.17, 15) is 9.59 Å². The Morgan fingerprint density at radius 3 is 2.10 bits per heavy atom. The van der Waals surface area contributed by atoms with E-state index in [1.165, 1.54) is 39.2 Å². The van der Waals surface area contributed by atoms with Crippen molar-refractivity contribution in [2.45, 2.75) is 57.8 Å². The van der Waals surface area contributed by atoms with Crippen molar-refractivity contribution in [1.82, 2.24) is 0 Å². The molecule has 2 saturated carbocycles. The van der Waals surface area contributed by atoms with Gasteiger partial charge in [-0.15, -0.1) is 0 Å². The Balaban J connectivity index is 1.76. The van der Waals surface area contributed by atoms with Gasteiger partial charge in [-0.3, -0.25) is 9.59 Å². The summed E-state index contributed by atoms with van der Waals surface area (Å²) in [6.45, 7) is 0. The van der Waals surface area contributed by atoms with Crippen LogP contribution >= 0.6 is 0 Å². The van der Waals surface area contributed by atoms with Crippen LogP contribution in [0, 0.1) is 17.8 Å². The van der Waals surface area contributed by atoms with Crippen LogP contribution < -0.4 is 0 Å². The first-order chi connectivity index (χ1) is 9.70. The highest BCUT2D eigenvalue weighted by Gasteiger charge is 2.29. The van der Waals surface area contributed by atoms with Crippen molar-refractivity contribution in [3.05, 3.63) is 12.2 Å². The number of esters is 1. The number of methoxy groups -OCH3 is 1. The van der Waals surface area contributed by atoms with E-state index in [1.807, 2.05) is 6.08 Å². The smallest absolute Gasteiger partial charge is 0.308 e. The molecule has 0 unspecified atom stereocenters. The average Bonchev–Trinajstić information content (AvgIpc) is 2.53. The fourth-order valence-corrected chi connectivity index (χ4v) is 3.47. The van der Waals surface area contributed by atoms with Gasteiger partial charge in [0, 0.05) is 5.92 Å². The number of rotatable bonds is 4. The first kappa shape index (κ1) is 15.3. The highest BCUT2D eigenvalue weighted by atomic mass is 16.5. The quantitative estimate of drug-likeness (QED) is 0.582. The molecule has 112 valence electrons. The Hall–Kier alpha value is -1.12. The topological polar surface area (TPSA) is 43.4 Å². The maximum Gasteiger partial charge on any atom is 0.308 e. The van der Waals surface area contributed by atoms with Crippen LogP contribution in [-0.2, 0) is 14.3 Å². The normalized spacial score (nSPS) is 28.4. The Morgan fingerprint density at radius 2 is 1.50 bits per heavy atom. The van der Waals surface area contributed by atoms with E-state index in [0.717, 1.165) is 25.7 Å². The highest BCUT2D eigenvalue weighted by Crippen LogP contribution is 2.31. The molecule has 0 aliphatic heterocycles. The van der Waals surface area contributed by atoms with Crippen LogP contribution in [0.25, 0.3) is 0 Å². The lowest BCUT2D eigenvalue weighted by molar-refractivity contribution is -0.147. The van der Waals surface area contributed by atoms with Crippen LogP contribution in [0.1, 0.15) is 57.8 Å². The zero-order chi connectivity index (χ0) is 14.4. The van der Waals surface area contributed by atoms with E-state index in [1.54, 1.807) is 0 Å². The molecule has 0 aromatic heterocycles. The van der Waals surface area contributed by atoms with Gasteiger partial charge in [-0.05, 0) is 50.5 Å². The molecule has 0 N–H and O–H groups in total. The SMILES string of the molecule is COC(=O)C1CCC(C(=O)C=CC2CCCCC2)CC1. The molecule has 3 nitrogen and oxygen atoms in total. The van der Waals surface area contributed by atoms with Gasteiger partial charge >= 0.3 is 5.97 Å². The van der Waals surface area contributed by atoms with E-state index in [2.05, 4.69) is 6.08 Å². The van der Waals surface area contributed by atoms with E-state index in [-0.39, 0.29) is 23.6 Å². The third-order valence-electron chi connectivity index (χ3n) is 4.85. The summed E-state index contributed by atoms with van der Waals surface area (Å²) in [6.07, 6.45) is 13.6. The second-order valence-corrected chi connectivity index (χ2v) is 6.23. The van der Waals surface area contributed by atoms with Crippen LogP contribution in [0.3, 0.4) is 0 Å². The number of carbonyl (C=O) groups is 2. The molecule has 2 aliphatic rings. The molecule has 0 radical (unpaired) electrons. The molecular formula is C17H26O3. The Bertz CT molecular complexity index is 358. The minimum atomic E-state index is -0.117. The van der Waals surface area contributed by atoms with E-state index >= 15 is 0 Å². The summed E-state index contributed by atoms with van der Waals surface area (Å²) in [5, 5.41) is 0. The molecule has 0 spiro atoms. The summed E-state index contributed by atoms with van der Waals surface area (Å²) < 4.78 is 4.77. The van der Waals surface area contributed by atoms with Crippen molar-refractivity contribution in [2.75, 3.05) is 7.11 Å². The summed E-state index contributed by atoms with van der Waals surface area (Å²) in [6, 6.07) is 0. The number of hydrogen-bond donors (Lipinski definition) is 0. The standard InChI is InChI=1S/C17H26O3/c1-20-17(19)15-10-8-14(9-11-15)16(18)12-7-13-5-3-2-4-6-13/h7,12-15H,2-6,8-11H2,1H3. The third kappa shape index (κ3) is 4.19. The zero-order valence-electron chi connectivity index (χ0n) is 12.5. The number of carbonyl (C=O) groups excluding carboxylic acids is 2. The molecule has 0 atom stereocenters. The van der Waals surface area contributed by atoms with Gasteiger partial charge in [0.1, 0.15) is 0 Å². The van der Waals surface area contributed by atoms with Gasteiger partial charge in [0.25, 0.3) is 0 Å². The van der Waals surface area contributed by atoms with Gasteiger partial charge < -0.3 is 4.74 Å². The van der Waals surface area contributed by atoms with Crippen LogP contribution in [0.15, 0.2) is 12.2 Å². The number of ketones is 1. The van der Waals surface area contributed by atoms with Gasteiger partial charge in [-0.25, -0.2) is 0 Å². The first-order valence-electron chi connectivity index (χ1n) is 8.00. The van der Waals surface area contributed by atoms with Gasteiger partial charge in [-0.2, -0.15) is 0 Å². The largest absolute Gasteiger partial charge is 0.469 e. The van der Waals surface area contributed by atoms with Crippen LogP contribution in [0.4, 0.5) is 0 Å². The second-order valence-electron chi connectivity index (χ2n) is 6.23. The lowest BCUT2D eigenvalue weighted by Gasteiger charge is -2.25. The molecule has 2 fully saturated rings. The molecular weight excluding hydrogens is 252 g/mol. The predicted octanol–water partition coefficient (Wildman–Crippen LogP) is 3.67. The third-order valence-corrected chi connectivity index (χ3v) is 4.85. The molecule has 0 heterocycles. The van der Waals surface area contributed by atoms with Crippen molar-refractivity contribution in [2.24, 2.45) is 17.8 Å². The van der Waals surface area contributed by atoms with Crippen molar-refractivity contribution >= 4 is 11.8 Å². The number of ether oxygens (including phenoxy) is 1. The Morgan fingerprint density at radius 1 is 0.900 bits per heavy atom. The summed E-state index contributed by atoms with van der Waals surface area (Å²) in [4.78, 5) is 23.6. The molecule has 2 rings (SSSR count). The summed E-state index contributed by atoms with van der Waals surface area (Å²) in [5.41, 5.74) is 0. The fourth-order valence-electron chi connectivity index (χ4n) is 3.47. The van der Waals surface area contributed by atoms with Gasteiger partial charge in [0.05, 0.1) is 13.0 Å². The minimum absolute atomic E-state index is 0.00590. The summed E-state index contributed by atoms with van der Waals surface area (Å²) in [7, 11) is 1.44. The average molecular weight is 278 g/mol. The summed E-state index contributed by atoms with van der Waals surface area (Å²) >= 11 is 0. The van der Waals surface area contributed by atoms with E-state index < -0.39 is 0 Å². The van der Waals surface area contributed by atoms with Gasteiger partial charge in [0.15, 0.2) is 5.78 Å². The lowest BCUT2D eigenvalue weighted by Crippen LogP contribution is -2.26. The Kier molecular flexibility index (Phi) is 5.81. The molecule has 0 bridgehead atoms. The number of allylic oxidation sites excluding steroid dienone is 2. The molecule has 3 heteroatoms. The molecule has 0 saturated heterocycles. The van der Waals surface area contributed by atoms with Crippen molar-refractivity contribution in [3.63, 3.8) is 0 Å². The monoisotopic (exact) mass is 278 g/mol. The minimum Gasteiger partial charge on any atom is -0.469 e. The van der Waals surface area contributed by atoms with Crippen LogP contribution in [0.2, 0.25) is 0 Å². The molecule has 20 heavy (non-hydrogen) atoms. The first-order valence-corrected chi connectivity index (χ1v) is 8.00. The number of hydrogen-bond acceptors (Lipinski definition) is 3. The van der Waals surface area contributed by atoms with Crippen molar-refractivity contribution < 1.29 is 14.3 Å². The van der Waals surface area contributed by atoms with Crippen molar-refractivity contribution in [1.29, 1.82) is 0 Å². The van der Waals surface area contributed by atoms with Gasteiger partial charge in [0.2, 0.25) is 0 Å². The predicted molar refractivity (Wildman–Crippen MR) is 78.2 cm³/mol. The zero-order valence-corrected chi connectivity index (χ0v) is 12.5.